The lowest BCUT2D eigenvalue weighted by Crippen LogP contribution is -2.32. The van der Waals surface area contributed by atoms with E-state index in [4.69, 9.17) is 9.47 Å². The first kappa shape index (κ1) is 21.5. The van der Waals surface area contributed by atoms with Crippen LogP contribution in [0.25, 0.3) is 0 Å². The van der Waals surface area contributed by atoms with E-state index in [-0.39, 0.29) is 17.3 Å². The number of hydrogen-bond donors (Lipinski definition) is 3. The number of carbonyl (C=O) groups excluding carboxylic acids is 2. The molecular formula is C19H22N4O6. The summed E-state index contributed by atoms with van der Waals surface area (Å²) in [6.45, 7) is 3.03. The van der Waals surface area contributed by atoms with E-state index in [2.05, 4.69) is 16.0 Å². The number of hydrogen-bond acceptors (Lipinski definition) is 7. The monoisotopic (exact) mass is 402 g/mol. The summed E-state index contributed by atoms with van der Waals surface area (Å²) >= 11 is 0. The lowest BCUT2D eigenvalue weighted by atomic mass is 10.2. The molecule has 1 unspecified atom stereocenters. The van der Waals surface area contributed by atoms with Crippen LogP contribution in [0.4, 0.5) is 22.7 Å². The highest BCUT2D eigenvalue weighted by molar-refractivity contribution is 5.98. The zero-order valence-corrected chi connectivity index (χ0v) is 16.4. The van der Waals surface area contributed by atoms with Crippen LogP contribution in [0.15, 0.2) is 36.4 Å². The van der Waals surface area contributed by atoms with E-state index in [0.717, 1.165) is 0 Å². The summed E-state index contributed by atoms with van der Waals surface area (Å²) in [6.07, 6.45) is 0. The van der Waals surface area contributed by atoms with E-state index in [9.17, 15) is 19.7 Å². The van der Waals surface area contributed by atoms with Crippen molar-refractivity contribution in [2.75, 3.05) is 30.2 Å². The number of nitro groups is 1. The fraction of sp³-hybridized carbons (Fsp3) is 0.263. The van der Waals surface area contributed by atoms with E-state index in [1.165, 1.54) is 39.3 Å². The van der Waals surface area contributed by atoms with Gasteiger partial charge in [0.05, 0.1) is 36.6 Å². The van der Waals surface area contributed by atoms with E-state index in [1.807, 2.05) is 0 Å². The van der Waals surface area contributed by atoms with Crippen molar-refractivity contribution in [3.8, 4) is 11.5 Å². The van der Waals surface area contributed by atoms with Crippen molar-refractivity contribution in [2.24, 2.45) is 0 Å². The van der Waals surface area contributed by atoms with Crippen LogP contribution in [0, 0.1) is 10.1 Å². The van der Waals surface area contributed by atoms with Crippen molar-refractivity contribution in [1.82, 2.24) is 0 Å². The molecular weight excluding hydrogens is 380 g/mol. The fourth-order valence-electron chi connectivity index (χ4n) is 2.54. The predicted octanol–water partition coefficient (Wildman–Crippen LogP) is 3.01. The number of ether oxygens (including phenoxy) is 2. The summed E-state index contributed by atoms with van der Waals surface area (Å²) < 4.78 is 10.4. The van der Waals surface area contributed by atoms with Crippen molar-refractivity contribution < 1.29 is 24.0 Å². The van der Waals surface area contributed by atoms with E-state index in [1.54, 1.807) is 25.1 Å². The van der Waals surface area contributed by atoms with Gasteiger partial charge < -0.3 is 25.4 Å². The lowest BCUT2D eigenvalue weighted by Gasteiger charge is -2.19. The van der Waals surface area contributed by atoms with Gasteiger partial charge in [-0.15, -0.1) is 0 Å². The number of nitro benzene ring substituents is 1. The molecule has 0 aliphatic rings. The first-order chi connectivity index (χ1) is 13.7. The van der Waals surface area contributed by atoms with Crippen LogP contribution in [0.3, 0.4) is 0 Å². The molecule has 29 heavy (non-hydrogen) atoms. The minimum atomic E-state index is -0.698. The van der Waals surface area contributed by atoms with Gasteiger partial charge in [0.2, 0.25) is 11.8 Å². The Morgan fingerprint density at radius 3 is 2.28 bits per heavy atom. The number of benzene rings is 2. The van der Waals surface area contributed by atoms with Gasteiger partial charge >= 0.3 is 0 Å². The molecule has 10 heteroatoms. The van der Waals surface area contributed by atoms with Crippen LogP contribution < -0.4 is 25.4 Å². The third kappa shape index (κ3) is 5.58. The number of non-ortho nitro benzene ring substituents is 1. The normalized spacial score (nSPS) is 11.2. The van der Waals surface area contributed by atoms with Crippen molar-refractivity contribution in [3.05, 3.63) is 46.5 Å². The van der Waals surface area contributed by atoms with Crippen molar-refractivity contribution >= 4 is 34.6 Å². The zero-order valence-electron chi connectivity index (χ0n) is 16.4. The van der Waals surface area contributed by atoms with Gasteiger partial charge in [-0.25, -0.2) is 0 Å². The van der Waals surface area contributed by atoms with Gasteiger partial charge in [0.1, 0.15) is 17.5 Å². The second-order valence-electron chi connectivity index (χ2n) is 6.09. The molecule has 0 radical (unpaired) electrons. The molecule has 2 rings (SSSR count). The Labute approximate surface area is 167 Å². The van der Waals surface area contributed by atoms with E-state index >= 15 is 0 Å². The number of nitrogens with zero attached hydrogens (tertiary/aromatic N) is 1. The van der Waals surface area contributed by atoms with Crippen LogP contribution in [0.2, 0.25) is 0 Å². The van der Waals surface area contributed by atoms with Crippen LogP contribution in [-0.4, -0.2) is 37.0 Å². The maximum atomic E-state index is 12.6. The lowest BCUT2D eigenvalue weighted by molar-refractivity contribution is -0.384. The SMILES string of the molecule is COc1cc([N+](=O)[O-])ccc1NC(=O)C(C)Nc1cc(NC(C)=O)ccc1OC. The maximum absolute atomic E-state index is 12.6. The van der Waals surface area contributed by atoms with Gasteiger partial charge in [-0.2, -0.15) is 0 Å². The highest BCUT2D eigenvalue weighted by Gasteiger charge is 2.18. The Balaban J connectivity index is 2.17. The van der Waals surface area contributed by atoms with Gasteiger partial charge in [0, 0.05) is 18.7 Å². The third-order valence-corrected chi connectivity index (χ3v) is 3.94. The third-order valence-electron chi connectivity index (χ3n) is 3.94. The maximum Gasteiger partial charge on any atom is 0.273 e. The molecule has 0 saturated carbocycles. The van der Waals surface area contributed by atoms with Gasteiger partial charge in [0.25, 0.3) is 5.69 Å². The first-order valence-electron chi connectivity index (χ1n) is 8.60. The summed E-state index contributed by atoms with van der Waals surface area (Å²) in [5.41, 5.74) is 1.21. The van der Waals surface area contributed by atoms with Crippen molar-refractivity contribution in [1.29, 1.82) is 0 Å². The highest BCUT2D eigenvalue weighted by atomic mass is 16.6. The molecule has 0 aliphatic carbocycles. The second-order valence-corrected chi connectivity index (χ2v) is 6.09. The summed E-state index contributed by atoms with van der Waals surface area (Å²) in [5, 5.41) is 19.2. The summed E-state index contributed by atoms with van der Waals surface area (Å²) in [7, 11) is 2.85. The smallest absolute Gasteiger partial charge is 0.273 e. The van der Waals surface area contributed by atoms with Crippen LogP contribution in [-0.2, 0) is 9.59 Å². The molecule has 0 bridgehead atoms. The van der Waals surface area contributed by atoms with E-state index in [0.29, 0.717) is 22.8 Å². The highest BCUT2D eigenvalue weighted by Crippen LogP contribution is 2.30. The molecule has 2 aromatic rings. The molecule has 2 amide bonds. The average molecular weight is 402 g/mol. The largest absolute Gasteiger partial charge is 0.495 e. The number of anilines is 3. The molecule has 2 aromatic carbocycles. The summed E-state index contributed by atoms with van der Waals surface area (Å²) in [5.74, 6) is 0.0398. The molecule has 10 nitrogen and oxygen atoms in total. The second kappa shape index (κ2) is 9.40. The average Bonchev–Trinajstić information content (AvgIpc) is 2.67. The minimum Gasteiger partial charge on any atom is -0.495 e. The molecule has 3 N–H and O–H groups in total. The van der Waals surface area contributed by atoms with Gasteiger partial charge in [-0.1, -0.05) is 0 Å². The molecule has 0 saturated heterocycles. The van der Waals surface area contributed by atoms with Crippen LogP contribution >= 0.6 is 0 Å². The molecule has 154 valence electrons. The Morgan fingerprint density at radius 1 is 1.00 bits per heavy atom. The number of methoxy groups -OCH3 is 2. The van der Waals surface area contributed by atoms with Crippen molar-refractivity contribution in [2.45, 2.75) is 19.9 Å². The van der Waals surface area contributed by atoms with Crippen LogP contribution in [0.5, 0.6) is 11.5 Å². The molecule has 0 heterocycles. The van der Waals surface area contributed by atoms with Gasteiger partial charge in [-0.3, -0.25) is 19.7 Å². The Kier molecular flexibility index (Phi) is 6.96. The molecule has 0 aromatic heterocycles. The Hall–Kier alpha value is -3.82. The molecule has 0 spiro atoms. The quantitative estimate of drug-likeness (QED) is 0.457. The molecule has 1 atom stereocenters. The van der Waals surface area contributed by atoms with Gasteiger partial charge in [-0.05, 0) is 31.2 Å². The van der Waals surface area contributed by atoms with Crippen LogP contribution in [0.1, 0.15) is 13.8 Å². The Morgan fingerprint density at radius 2 is 1.69 bits per heavy atom. The topological polar surface area (TPSA) is 132 Å². The predicted molar refractivity (Wildman–Crippen MR) is 109 cm³/mol. The van der Waals surface area contributed by atoms with Crippen molar-refractivity contribution in [3.63, 3.8) is 0 Å². The summed E-state index contributed by atoms with van der Waals surface area (Å²) in [6, 6.07) is 8.20. The zero-order chi connectivity index (χ0) is 21.6. The number of carbonyl (C=O) groups is 2. The number of nitrogens with one attached hydrogen (secondary N) is 3. The standard InChI is InChI=1S/C19H22N4O6/c1-11(20-16-9-13(21-12(2)24)5-8-17(16)28-3)19(25)22-15-7-6-14(23(26)27)10-18(15)29-4/h5-11,20H,1-4H3,(H,21,24)(H,22,25). The summed E-state index contributed by atoms with van der Waals surface area (Å²) in [4.78, 5) is 34.2. The number of rotatable bonds is 8. The molecule has 0 aliphatic heterocycles. The fourth-order valence-corrected chi connectivity index (χ4v) is 2.54. The Bertz CT molecular complexity index is 931. The van der Waals surface area contributed by atoms with Gasteiger partial charge in [0.15, 0.2) is 0 Å². The van der Waals surface area contributed by atoms with E-state index < -0.39 is 16.9 Å². The molecule has 0 fully saturated rings. The first-order valence-corrected chi connectivity index (χ1v) is 8.60. The minimum absolute atomic E-state index is 0.148. The number of amides is 2.